The molecule has 1 atom stereocenters. The number of rotatable bonds is 2. The molecule has 1 heterocycles. The lowest BCUT2D eigenvalue weighted by Crippen LogP contribution is -2.45. The summed E-state index contributed by atoms with van der Waals surface area (Å²) in [5, 5.41) is 3.41. The summed E-state index contributed by atoms with van der Waals surface area (Å²) in [4.78, 5) is 2.32. The highest BCUT2D eigenvalue weighted by molar-refractivity contribution is 5.85. The minimum absolute atomic E-state index is 0. The van der Waals surface area contributed by atoms with Crippen molar-refractivity contribution in [2.75, 3.05) is 27.2 Å². The molecule has 1 aliphatic heterocycles. The van der Waals surface area contributed by atoms with Crippen molar-refractivity contribution in [3.8, 4) is 0 Å². The smallest absolute Gasteiger partial charge is 0.0187 e. The predicted octanol–water partition coefficient (Wildman–Crippen LogP) is 1.36. The zero-order chi connectivity index (χ0) is 8.48. The van der Waals surface area contributed by atoms with Crippen molar-refractivity contribution in [3.05, 3.63) is 0 Å². The Morgan fingerprint density at radius 1 is 1.33 bits per heavy atom. The van der Waals surface area contributed by atoms with Crippen molar-refractivity contribution in [1.29, 1.82) is 0 Å². The Kier molecular flexibility index (Phi) is 4.53. The first-order valence-electron chi connectivity index (χ1n) is 4.43. The Balaban J connectivity index is 0.00000121. The molecule has 0 aliphatic carbocycles. The molecule has 3 heteroatoms. The van der Waals surface area contributed by atoms with Crippen molar-refractivity contribution in [2.45, 2.75) is 25.8 Å². The third-order valence-electron chi connectivity index (χ3n) is 3.21. The van der Waals surface area contributed by atoms with Gasteiger partial charge in [0.1, 0.15) is 0 Å². The Bertz CT molecular complexity index is 128. The molecule has 0 aromatic carbocycles. The van der Waals surface area contributed by atoms with E-state index in [1.807, 2.05) is 0 Å². The molecule has 1 fully saturated rings. The second kappa shape index (κ2) is 4.45. The van der Waals surface area contributed by atoms with E-state index in [0.717, 1.165) is 5.92 Å². The largest absolute Gasteiger partial charge is 0.316 e. The van der Waals surface area contributed by atoms with E-state index < -0.39 is 0 Å². The van der Waals surface area contributed by atoms with Crippen LogP contribution < -0.4 is 5.32 Å². The second-order valence-electron chi connectivity index (χ2n) is 4.24. The SMILES string of the molecule is CN(C)C(C)(C)C1CCNC1.Cl. The van der Waals surface area contributed by atoms with Crippen molar-refractivity contribution >= 4 is 12.4 Å². The number of hydrogen-bond donors (Lipinski definition) is 1. The van der Waals surface area contributed by atoms with Crippen LogP contribution in [0.4, 0.5) is 0 Å². The van der Waals surface area contributed by atoms with E-state index in [-0.39, 0.29) is 12.4 Å². The van der Waals surface area contributed by atoms with Crippen LogP contribution in [-0.4, -0.2) is 37.6 Å². The molecule has 1 aliphatic rings. The van der Waals surface area contributed by atoms with Gasteiger partial charge in [-0.25, -0.2) is 0 Å². The number of halogens is 1. The van der Waals surface area contributed by atoms with E-state index in [1.54, 1.807) is 0 Å². The lowest BCUT2D eigenvalue weighted by atomic mass is 9.86. The molecule has 1 rings (SSSR count). The topological polar surface area (TPSA) is 15.3 Å². The number of nitrogens with one attached hydrogen (secondary N) is 1. The van der Waals surface area contributed by atoms with Crippen molar-refractivity contribution < 1.29 is 0 Å². The van der Waals surface area contributed by atoms with Crippen LogP contribution in [0, 0.1) is 5.92 Å². The highest BCUT2D eigenvalue weighted by Crippen LogP contribution is 2.26. The number of hydrogen-bond acceptors (Lipinski definition) is 2. The normalized spacial score (nSPS) is 24.2. The van der Waals surface area contributed by atoms with Gasteiger partial charge in [0.05, 0.1) is 0 Å². The first kappa shape index (κ1) is 12.2. The van der Waals surface area contributed by atoms with Crippen LogP contribution in [0.5, 0.6) is 0 Å². The van der Waals surface area contributed by atoms with Crippen LogP contribution in [-0.2, 0) is 0 Å². The van der Waals surface area contributed by atoms with Gasteiger partial charge >= 0.3 is 0 Å². The molecule has 0 radical (unpaired) electrons. The maximum atomic E-state index is 3.41. The van der Waals surface area contributed by atoms with Gasteiger partial charge in [0.25, 0.3) is 0 Å². The quantitative estimate of drug-likeness (QED) is 0.711. The Hall–Kier alpha value is 0.210. The van der Waals surface area contributed by atoms with Gasteiger partial charge in [0.2, 0.25) is 0 Å². The highest BCUT2D eigenvalue weighted by atomic mass is 35.5. The summed E-state index contributed by atoms with van der Waals surface area (Å²) in [6.07, 6.45) is 1.32. The summed E-state index contributed by atoms with van der Waals surface area (Å²) < 4.78 is 0. The maximum Gasteiger partial charge on any atom is 0.0187 e. The highest BCUT2D eigenvalue weighted by Gasteiger charge is 2.33. The fourth-order valence-electron chi connectivity index (χ4n) is 1.62. The Labute approximate surface area is 82.1 Å². The Morgan fingerprint density at radius 2 is 1.92 bits per heavy atom. The van der Waals surface area contributed by atoms with Gasteiger partial charge in [-0.15, -0.1) is 12.4 Å². The molecular formula is C9H21ClN2. The van der Waals surface area contributed by atoms with Gasteiger partial charge in [-0.05, 0) is 53.4 Å². The van der Waals surface area contributed by atoms with E-state index in [4.69, 9.17) is 0 Å². The molecule has 0 aromatic rings. The monoisotopic (exact) mass is 192 g/mol. The van der Waals surface area contributed by atoms with E-state index >= 15 is 0 Å². The van der Waals surface area contributed by atoms with Gasteiger partial charge in [-0.1, -0.05) is 0 Å². The first-order valence-corrected chi connectivity index (χ1v) is 4.43. The van der Waals surface area contributed by atoms with Crippen molar-refractivity contribution in [2.24, 2.45) is 5.92 Å². The zero-order valence-electron chi connectivity index (χ0n) is 8.55. The molecule has 0 aromatic heterocycles. The van der Waals surface area contributed by atoms with Crippen LogP contribution in [0.1, 0.15) is 20.3 Å². The lowest BCUT2D eigenvalue weighted by Gasteiger charge is -2.37. The summed E-state index contributed by atoms with van der Waals surface area (Å²) in [5.41, 5.74) is 0.351. The molecule has 1 N–H and O–H groups in total. The van der Waals surface area contributed by atoms with E-state index in [2.05, 4.69) is 38.2 Å². The third kappa shape index (κ3) is 2.35. The van der Waals surface area contributed by atoms with Crippen LogP contribution in [0.2, 0.25) is 0 Å². The number of nitrogens with zero attached hydrogens (tertiary/aromatic N) is 1. The molecule has 12 heavy (non-hydrogen) atoms. The fourth-order valence-corrected chi connectivity index (χ4v) is 1.62. The average Bonchev–Trinajstić information content (AvgIpc) is 2.37. The van der Waals surface area contributed by atoms with Crippen LogP contribution in [0.25, 0.3) is 0 Å². The zero-order valence-corrected chi connectivity index (χ0v) is 9.37. The molecule has 0 saturated carbocycles. The van der Waals surface area contributed by atoms with Crippen molar-refractivity contribution in [3.63, 3.8) is 0 Å². The molecule has 1 saturated heterocycles. The summed E-state index contributed by atoms with van der Waals surface area (Å²) in [5.74, 6) is 0.817. The lowest BCUT2D eigenvalue weighted by molar-refractivity contribution is 0.126. The first-order chi connectivity index (χ1) is 5.05. The maximum absolute atomic E-state index is 3.41. The molecule has 74 valence electrons. The van der Waals surface area contributed by atoms with Crippen LogP contribution in [0.15, 0.2) is 0 Å². The van der Waals surface area contributed by atoms with Gasteiger partial charge < -0.3 is 10.2 Å². The summed E-state index contributed by atoms with van der Waals surface area (Å²) in [6, 6.07) is 0. The van der Waals surface area contributed by atoms with Gasteiger partial charge in [-0.2, -0.15) is 0 Å². The molecule has 0 spiro atoms. The van der Waals surface area contributed by atoms with Gasteiger partial charge in [0, 0.05) is 5.54 Å². The summed E-state index contributed by atoms with van der Waals surface area (Å²) in [6.45, 7) is 7.03. The molecule has 2 nitrogen and oxygen atoms in total. The minimum Gasteiger partial charge on any atom is -0.316 e. The Morgan fingerprint density at radius 3 is 2.25 bits per heavy atom. The van der Waals surface area contributed by atoms with Crippen LogP contribution in [0.3, 0.4) is 0 Å². The van der Waals surface area contributed by atoms with Gasteiger partial charge in [-0.3, -0.25) is 0 Å². The van der Waals surface area contributed by atoms with Crippen molar-refractivity contribution in [1.82, 2.24) is 10.2 Å². The average molecular weight is 193 g/mol. The molecule has 1 unspecified atom stereocenters. The molecule has 0 amide bonds. The standard InChI is InChI=1S/C9H20N2.ClH/c1-9(2,11(3)4)8-5-6-10-7-8;/h8,10H,5-7H2,1-4H3;1H. The van der Waals surface area contributed by atoms with E-state index in [0.29, 0.717) is 5.54 Å². The summed E-state index contributed by atoms with van der Waals surface area (Å²) >= 11 is 0. The van der Waals surface area contributed by atoms with E-state index in [9.17, 15) is 0 Å². The summed E-state index contributed by atoms with van der Waals surface area (Å²) in [7, 11) is 4.33. The molecule has 0 bridgehead atoms. The third-order valence-corrected chi connectivity index (χ3v) is 3.21. The molecular weight excluding hydrogens is 172 g/mol. The fraction of sp³-hybridized carbons (Fsp3) is 1.00. The van der Waals surface area contributed by atoms with E-state index in [1.165, 1.54) is 19.5 Å². The van der Waals surface area contributed by atoms with Gasteiger partial charge in [0.15, 0.2) is 0 Å². The van der Waals surface area contributed by atoms with Crippen LogP contribution >= 0.6 is 12.4 Å². The predicted molar refractivity (Wildman–Crippen MR) is 56.0 cm³/mol. The second-order valence-corrected chi connectivity index (χ2v) is 4.24. The minimum atomic E-state index is 0.